The standard InChI is InChI=1S/C12H16O3/c1-7-4-8(2)11(12(14)15)5-10(7)9(3)6-13/h4-5,9,13H,6H2,1-3H3,(H,14,15). The molecule has 0 saturated carbocycles. The molecule has 0 aliphatic rings. The zero-order valence-electron chi connectivity index (χ0n) is 9.24. The van der Waals surface area contributed by atoms with Gasteiger partial charge in [0.05, 0.1) is 5.56 Å². The van der Waals surface area contributed by atoms with E-state index in [1.165, 1.54) is 0 Å². The molecule has 0 bridgehead atoms. The van der Waals surface area contributed by atoms with Crippen LogP contribution in [-0.2, 0) is 0 Å². The Hall–Kier alpha value is -1.35. The van der Waals surface area contributed by atoms with E-state index < -0.39 is 5.97 Å². The maximum atomic E-state index is 10.9. The SMILES string of the molecule is Cc1cc(C)c(C(C)CO)cc1C(=O)O. The predicted molar refractivity (Wildman–Crippen MR) is 58.4 cm³/mol. The number of aryl methyl sites for hydroxylation is 2. The van der Waals surface area contributed by atoms with Crippen LogP contribution in [0.15, 0.2) is 12.1 Å². The molecular weight excluding hydrogens is 192 g/mol. The van der Waals surface area contributed by atoms with E-state index in [0.717, 1.165) is 16.7 Å². The van der Waals surface area contributed by atoms with Crippen molar-refractivity contribution in [2.45, 2.75) is 26.7 Å². The third-order valence-electron chi connectivity index (χ3n) is 2.65. The lowest BCUT2D eigenvalue weighted by Gasteiger charge is -2.14. The number of hydrogen-bond donors (Lipinski definition) is 2. The zero-order chi connectivity index (χ0) is 11.6. The lowest BCUT2D eigenvalue weighted by atomic mass is 9.92. The highest BCUT2D eigenvalue weighted by Crippen LogP contribution is 2.23. The first kappa shape index (κ1) is 11.7. The molecule has 0 aliphatic heterocycles. The van der Waals surface area contributed by atoms with Gasteiger partial charge in [0.1, 0.15) is 0 Å². The van der Waals surface area contributed by atoms with Crippen LogP contribution in [-0.4, -0.2) is 22.8 Å². The first-order valence-electron chi connectivity index (χ1n) is 4.92. The number of aliphatic hydroxyl groups excluding tert-OH is 1. The maximum Gasteiger partial charge on any atom is 0.335 e. The molecule has 3 heteroatoms. The van der Waals surface area contributed by atoms with Crippen LogP contribution >= 0.6 is 0 Å². The van der Waals surface area contributed by atoms with Crippen molar-refractivity contribution in [2.75, 3.05) is 6.61 Å². The van der Waals surface area contributed by atoms with Crippen molar-refractivity contribution in [1.29, 1.82) is 0 Å². The molecule has 2 N–H and O–H groups in total. The number of aliphatic hydroxyl groups is 1. The van der Waals surface area contributed by atoms with E-state index in [4.69, 9.17) is 10.2 Å². The molecule has 0 radical (unpaired) electrons. The molecule has 0 aliphatic carbocycles. The van der Waals surface area contributed by atoms with Crippen LogP contribution in [0.5, 0.6) is 0 Å². The Kier molecular flexibility index (Phi) is 3.48. The molecule has 0 amide bonds. The number of rotatable bonds is 3. The summed E-state index contributed by atoms with van der Waals surface area (Å²) in [6, 6.07) is 3.51. The number of aromatic carboxylic acids is 1. The molecule has 0 aromatic heterocycles. The van der Waals surface area contributed by atoms with Gasteiger partial charge in [-0.15, -0.1) is 0 Å². The molecular formula is C12H16O3. The summed E-state index contributed by atoms with van der Waals surface area (Å²) >= 11 is 0. The van der Waals surface area contributed by atoms with Crippen LogP contribution in [0.3, 0.4) is 0 Å². The Morgan fingerprint density at radius 2 is 1.93 bits per heavy atom. The summed E-state index contributed by atoms with van der Waals surface area (Å²) in [5.74, 6) is -0.942. The third-order valence-corrected chi connectivity index (χ3v) is 2.65. The molecule has 1 rings (SSSR count). The van der Waals surface area contributed by atoms with Gasteiger partial charge in [-0.05, 0) is 36.6 Å². The minimum atomic E-state index is -0.918. The fraction of sp³-hybridized carbons (Fsp3) is 0.417. The maximum absolute atomic E-state index is 10.9. The number of carboxylic acids is 1. The van der Waals surface area contributed by atoms with E-state index in [0.29, 0.717) is 5.56 Å². The normalized spacial score (nSPS) is 12.5. The Balaban J connectivity index is 3.29. The molecule has 82 valence electrons. The van der Waals surface area contributed by atoms with E-state index >= 15 is 0 Å². The number of carbonyl (C=O) groups is 1. The monoisotopic (exact) mass is 208 g/mol. The minimum absolute atomic E-state index is 0.0244. The van der Waals surface area contributed by atoms with Crippen molar-refractivity contribution >= 4 is 5.97 Å². The highest BCUT2D eigenvalue weighted by Gasteiger charge is 2.13. The van der Waals surface area contributed by atoms with Gasteiger partial charge >= 0.3 is 5.97 Å². The number of carboxylic acid groups (broad SMARTS) is 1. The fourth-order valence-electron chi connectivity index (χ4n) is 1.73. The summed E-state index contributed by atoms with van der Waals surface area (Å²) in [7, 11) is 0. The van der Waals surface area contributed by atoms with Crippen molar-refractivity contribution < 1.29 is 15.0 Å². The van der Waals surface area contributed by atoms with E-state index in [9.17, 15) is 4.79 Å². The van der Waals surface area contributed by atoms with Gasteiger partial charge in [0.15, 0.2) is 0 Å². The largest absolute Gasteiger partial charge is 0.478 e. The van der Waals surface area contributed by atoms with Gasteiger partial charge in [0.25, 0.3) is 0 Å². The van der Waals surface area contributed by atoms with Crippen LogP contribution in [0.1, 0.15) is 39.9 Å². The van der Waals surface area contributed by atoms with Gasteiger partial charge < -0.3 is 10.2 Å². The average molecular weight is 208 g/mol. The van der Waals surface area contributed by atoms with E-state index in [1.807, 2.05) is 19.9 Å². The highest BCUT2D eigenvalue weighted by molar-refractivity contribution is 5.89. The lowest BCUT2D eigenvalue weighted by Crippen LogP contribution is -2.07. The zero-order valence-corrected chi connectivity index (χ0v) is 9.24. The van der Waals surface area contributed by atoms with E-state index in [-0.39, 0.29) is 12.5 Å². The van der Waals surface area contributed by atoms with Crippen LogP contribution < -0.4 is 0 Å². The van der Waals surface area contributed by atoms with Gasteiger partial charge in [-0.25, -0.2) is 4.79 Å². The fourth-order valence-corrected chi connectivity index (χ4v) is 1.73. The molecule has 0 heterocycles. The second kappa shape index (κ2) is 4.45. The van der Waals surface area contributed by atoms with E-state index in [1.54, 1.807) is 13.0 Å². The molecule has 1 atom stereocenters. The van der Waals surface area contributed by atoms with Crippen molar-refractivity contribution in [3.63, 3.8) is 0 Å². The molecule has 0 saturated heterocycles. The number of hydrogen-bond acceptors (Lipinski definition) is 2. The van der Waals surface area contributed by atoms with Crippen LogP contribution in [0.2, 0.25) is 0 Å². The van der Waals surface area contributed by atoms with Gasteiger partial charge in [0, 0.05) is 12.5 Å². The summed E-state index contributed by atoms with van der Waals surface area (Å²) in [5.41, 5.74) is 3.00. The minimum Gasteiger partial charge on any atom is -0.478 e. The molecule has 0 fully saturated rings. The molecule has 0 spiro atoms. The Morgan fingerprint density at radius 3 is 2.40 bits per heavy atom. The van der Waals surface area contributed by atoms with E-state index in [2.05, 4.69) is 0 Å². The second-order valence-corrected chi connectivity index (χ2v) is 3.91. The molecule has 15 heavy (non-hydrogen) atoms. The summed E-state index contributed by atoms with van der Waals surface area (Å²) in [4.78, 5) is 10.9. The van der Waals surface area contributed by atoms with Gasteiger partial charge in [-0.3, -0.25) is 0 Å². The van der Waals surface area contributed by atoms with Crippen LogP contribution in [0.4, 0.5) is 0 Å². The topological polar surface area (TPSA) is 57.5 Å². The first-order chi connectivity index (χ1) is 6.97. The summed E-state index contributed by atoms with van der Waals surface area (Å²) in [6.45, 7) is 5.62. The van der Waals surface area contributed by atoms with Crippen LogP contribution in [0, 0.1) is 13.8 Å². The second-order valence-electron chi connectivity index (χ2n) is 3.91. The summed E-state index contributed by atoms with van der Waals surface area (Å²) in [6.07, 6.45) is 0. The van der Waals surface area contributed by atoms with Gasteiger partial charge in [0.2, 0.25) is 0 Å². The number of benzene rings is 1. The molecule has 3 nitrogen and oxygen atoms in total. The van der Waals surface area contributed by atoms with Crippen molar-refractivity contribution in [3.8, 4) is 0 Å². The predicted octanol–water partition coefficient (Wildman–Crippen LogP) is 2.10. The Morgan fingerprint density at radius 1 is 1.33 bits per heavy atom. The highest BCUT2D eigenvalue weighted by atomic mass is 16.4. The first-order valence-corrected chi connectivity index (χ1v) is 4.92. The smallest absolute Gasteiger partial charge is 0.335 e. The van der Waals surface area contributed by atoms with Gasteiger partial charge in [-0.2, -0.15) is 0 Å². The summed E-state index contributed by atoms with van der Waals surface area (Å²) < 4.78 is 0. The van der Waals surface area contributed by atoms with Crippen molar-refractivity contribution in [1.82, 2.24) is 0 Å². The Bertz CT molecular complexity index is 383. The summed E-state index contributed by atoms with van der Waals surface area (Å²) in [5, 5.41) is 18.0. The van der Waals surface area contributed by atoms with Crippen LogP contribution in [0.25, 0.3) is 0 Å². The quantitative estimate of drug-likeness (QED) is 0.799. The Labute approximate surface area is 89.4 Å². The molecule has 1 aromatic carbocycles. The third kappa shape index (κ3) is 2.36. The lowest BCUT2D eigenvalue weighted by molar-refractivity contribution is 0.0696. The van der Waals surface area contributed by atoms with Crippen molar-refractivity contribution in [2.24, 2.45) is 0 Å². The van der Waals surface area contributed by atoms with Gasteiger partial charge in [-0.1, -0.05) is 13.0 Å². The molecule has 1 aromatic rings. The average Bonchev–Trinajstić information content (AvgIpc) is 2.16. The molecule has 1 unspecified atom stereocenters. The van der Waals surface area contributed by atoms with Crippen molar-refractivity contribution in [3.05, 3.63) is 34.4 Å².